The van der Waals surface area contributed by atoms with Gasteiger partial charge in [-0.2, -0.15) is 0 Å². The molecule has 0 heterocycles. The number of nitrogens with one attached hydrogen (secondary N) is 1. The molecule has 1 aromatic carbocycles. The minimum absolute atomic E-state index is 0.183. The smallest absolute Gasteiger partial charge is 0.120 e. The van der Waals surface area contributed by atoms with Crippen LogP contribution in [0.15, 0.2) is 18.2 Å². The number of rotatable bonds is 2. The van der Waals surface area contributed by atoms with E-state index in [1.807, 2.05) is 40.0 Å². The summed E-state index contributed by atoms with van der Waals surface area (Å²) in [6.07, 6.45) is 0. The van der Waals surface area contributed by atoms with E-state index in [1.165, 1.54) is 0 Å². The van der Waals surface area contributed by atoms with Crippen molar-refractivity contribution in [2.45, 2.75) is 26.3 Å². The number of aromatic hydroxyl groups is 1. The molecule has 0 aliphatic rings. The van der Waals surface area contributed by atoms with E-state index in [2.05, 4.69) is 5.32 Å². The molecule has 0 saturated heterocycles. The van der Waals surface area contributed by atoms with E-state index in [1.54, 1.807) is 6.07 Å². The van der Waals surface area contributed by atoms with E-state index in [9.17, 15) is 5.11 Å². The quantitative estimate of drug-likeness (QED) is 0.729. The standard InChI is InChI=1S/C11H17NO/c1-8-5-6-9(10(13)7-8)11(2,3)12-4/h5-7,12-13H,1-4H3. The second-order valence-electron chi connectivity index (χ2n) is 3.90. The number of phenols is 1. The van der Waals surface area contributed by atoms with Gasteiger partial charge in [-0.05, 0) is 39.4 Å². The van der Waals surface area contributed by atoms with Crippen LogP contribution in [0.2, 0.25) is 0 Å². The summed E-state index contributed by atoms with van der Waals surface area (Å²) in [5.74, 6) is 0.361. The zero-order valence-electron chi connectivity index (χ0n) is 8.68. The molecule has 0 unspecified atom stereocenters. The molecule has 0 spiro atoms. The Bertz CT molecular complexity index is 305. The minimum atomic E-state index is -0.183. The summed E-state index contributed by atoms with van der Waals surface area (Å²) < 4.78 is 0. The van der Waals surface area contributed by atoms with Crippen LogP contribution >= 0.6 is 0 Å². The minimum Gasteiger partial charge on any atom is -0.508 e. The van der Waals surface area contributed by atoms with Gasteiger partial charge in [0.05, 0.1) is 0 Å². The van der Waals surface area contributed by atoms with Crippen molar-refractivity contribution in [1.29, 1.82) is 0 Å². The highest BCUT2D eigenvalue weighted by molar-refractivity contribution is 5.40. The summed E-state index contributed by atoms with van der Waals surface area (Å²) in [4.78, 5) is 0. The maximum absolute atomic E-state index is 9.72. The average Bonchev–Trinajstić information content (AvgIpc) is 2.03. The van der Waals surface area contributed by atoms with E-state index < -0.39 is 0 Å². The van der Waals surface area contributed by atoms with E-state index in [0.717, 1.165) is 11.1 Å². The summed E-state index contributed by atoms with van der Waals surface area (Å²) in [5.41, 5.74) is 1.83. The highest BCUT2D eigenvalue weighted by Crippen LogP contribution is 2.28. The zero-order chi connectivity index (χ0) is 10.1. The fraction of sp³-hybridized carbons (Fsp3) is 0.455. The Labute approximate surface area is 79.6 Å². The lowest BCUT2D eigenvalue weighted by molar-refractivity contribution is 0.401. The Morgan fingerprint density at radius 3 is 2.38 bits per heavy atom. The number of aryl methyl sites for hydroxylation is 1. The van der Waals surface area contributed by atoms with Gasteiger partial charge in [0, 0.05) is 11.1 Å². The molecule has 0 aliphatic carbocycles. The van der Waals surface area contributed by atoms with Gasteiger partial charge in [-0.3, -0.25) is 0 Å². The molecule has 2 N–H and O–H groups in total. The van der Waals surface area contributed by atoms with Crippen molar-refractivity contribution in [3.8, 4) is 5.75 Å². The highest BCUT2D eigenvalue weighted by Gasteiger charge is 2.20. The van der Waals surface area contributed by atoms with Crippen LogP contribution in [-0.2, 0) is 5.54 Å². The van der Waals surface area contributed by atoms with Crippen LogP contribution < -0.4 is 5.32 Å². The molecule has 13 heavy (non-hydrogen) atoms. The maximum atomic E-state index is 9.72. The Balaban J connectivity index is 3.16. The first-order valence-corrected chi connectivity index (χ1v) is 4.46. The number of hydrogen-bond donors (Lipinski definition) is 2. The number of benzene rings is 1. The Hall–Kier alpha value is -1.02. The van der Waals surface area contributed by atoms with E-state index in [4.69, 9.17) is 0 Å². The largest absolute Gasteiger partial charge is 0.508 e. The maximum Gasteiger partial charge on any atom is 0.120 e. The van der Waals surface area contributed by atoms with Crippen molar-refractivity contribution in [2.24, 2.45) is 0 Å². The van der Waals surface area contributed by atoms with Crippen LogP contribution in [0.4, 0.5) is 0 Å². The van der Waals surface area contributed by atoms with Crippen molar-refractivity contribution in [1.82, 2.24) is 5.32 Å². The van der Waals surface area contributed by atoms with Crippen LogP contribution in [0.3, 0.4) is 0 Å². The van der Waals surface area contributed by atoms with Gasteiger partial charge in [0.2, 0.25) is 0 Å². The third kappa shape index (κ3) is 2.01. The van der Waals surface area contributed by atoms with Crippen LogP contribution in [0.5, 0.6) is 5.75 Å². The summed E-state index contributed by atoms with van der Waals surface area (Å²) in [5, 5.41) is 12.9. The Kier molecular flexibility index (Phi) is 2.62. The van der Waals surface area contributed by atoms with Gasteiger partial charge in [-0.1, -0.05) is 12.1 Å². The molecule has 0 aliphatic heterocycles. The van der Waals surface area contributed by atoms with Crippen molar-refractivity contribution >= 4 is 0 Å². The molecule has 2 nitrogen and oxygen atoms in total. The van der Waals surface area contributed by atoms with E-state index in [0.29, 0.717) is 5.75 Å². The third-order valence-electron chi connectivity index (χ3n) is 2.45. The van der Waals surface area contributed by atoms with Gasteiger partial charge in [0.15, 0.2) is 0 Å². The molecule has 2 heteroatoms. The lowest BCUT2D eigenvalue weighted by Crippen LogP contribution is -2.33. The molecule has 0 amide bonds. The van der Waals surface area contributed by atoms with Crippen LogP contribution in [0.25, 0.3) is 0 Å². The fourth-order valence-electron chi connectivity index (χ4n) is 1.30. The van der Waals surface area contributed by atoms with Crippen LogP contribution in [-0.4, -0.2) is 12.2 Å². The van der Waals surface area contributed by atoms with E-state index >= 15 is 0 Å². The molecule has 0 atom stereocenters. The highest BCUT2D eigenvalue weighted by atomic mass is 16.3. The van der Waals surface area contributed by atoms with E-state index in [-0.39, 0.29) is 5.54 Å². The van der Waals surface area contributed by atoms with Gasteiger partial charge >= 0.3 is 0 Å². The van der Waals surface area contributed by atoms with Crippen LogP contribution in [0.1, 0.15) is 25.0 Å². The molecule has 0 fully saturated rings. The van der Waals surface area contributed by atoms with Crippen molar-refractivity contribution in [3.63, 3.8) is 0 Å². The summed E-state index contributed by atoms with van der Waals surface area (Å²) in [6, 6.07) is 5.75. The molecule has 0 radical (unpaired) electrons. The lowest BCUT2D eigenvalue weighted by Gasteiger charge is -2.25. The van der Waals surface area contributed by atoms with Gasteiger partial charge in [-0.25, -0.2) is 0 Å². The zero-order valence-corrected chi connectivity index (χ0v) is 8.68. The molecule has 0 bridgehead atoms. The molecule has 0 aromatic heterocycles. The van der Waals surface area contributed by atoms with Gasteiger partial charge in [0.1, 0.15) is 5.75 Å². The molecule has 72 valence electrons. The summed E-state index contributed by atoms with van der Waals surface area (Å²) in [7, 11) is 1.89. The van der Waals surface area contributed by atoms with Gasteiger partial charge in [0.25, 0.3) is 0 Å². The lowest BCUT2D eigenvalue weighted by atomic mass is 9.93. The number of phenolic OH excluding ortho intramolecular Hbond substituents is 1. The Morgan fingerprint density at radius 1 is 1.31 bits per heavy atom. The first kappa shape index (κ1) is 10.1. The van der Waals surface area contributed by atoms with Crippen molar-refractivity contribution in [2.75, 3.05) is 7.05 Å². The summed E-state index contributed by atoms with van der Waals surface area (Å²) in [6.45, 7) is 6.05. The molecule has 1 aromatic rings. The first-order chi connectivity index (χ1) is 5.97. The monoisotopic (exact) mass is 179 g/mol. The number of hydrogen-bond acceptors (Lipinski definition) is 2. The second kappa shape index (κ2) is 3.38. The molecule has 0 saturated carbocycles. The Morgan fingerprint density at radius 2 is 1.92 bits per heavy atom. The normalized spacial score (nSPS) is 11.7. The van der Waals surface area contributed by atoms with Crippen LogP contribution in [0, 0.1) is 6.92 Å². The van der Waals surface area contributed by atoms with Crippen molar-refractivity contribution in [3.05, 3.63) is 29.3 Å². The van der Waals surface area contributed by atoms with Gasteiger partial charge < -0.3 is 10.4 Å². The first-order valence-electron chi connectivity index (χ1n) is 4.46. The fourth-order valence-corrected chi connectivity index (χ4v) is 1.30. The second-order valence-corrected chi connectivity index (χ2v) is 3.90. The SMILES string of the molecule is CNC(C)(C)c1ccc(C)cc1O. The average molecular weight is 179 g/mol. The van der Waals surface area contributed by atoms with Crippen molar-refractivity contribution < 1.29 is 5.11 Å². The predicted octanol–water partition coefficient (Wildman–Crippen LogP) is 2.16. The third-order valence-corrected chi connectivity index (χ3v) is 2.45. The molecule has 1 rings (SSSR count). The molecular weight excluding hydrogens is 162 g/mol. The topological polar surface area (TPSA) is 32.3 Å². The summed E-state index contributed by atoms with van der Waals surface area (Å²) >= 11 is 0. The molecular formula is C11H17NO. The predicted molar refractivity (Wildman–Crippen MR) is 54.9 cm³/mol. The van der Waals surface area contributed by atoms with Gasteiger partial charge in [-0.15, -0.1) is 0 Å².